The highest BCUT2D eigenvalue weighted by Crippen LogP contribution is 2.18. The van der Waals surface area contributed by atoms with E-state index in [0.29, 0.717) is 17.2 Å². The topological polar surface area (TPSA) is 85.4 Å². The Hall–Kier alpha value is -2.37. The predicted octanol–water partition coefficient (Wildman–Crippen LogP) is 0.726. The minimum atomic E-state index is 0.610. The highest BCUT2D eigenvalue weighted by Gasteiger charge is 2.05. The number of nitrogens with zero attached hydrogens (tertiary/aromatic N) is 4. The van der Waals surface area contributed by atoms with Crippen molar-refractivity contribution in [2.24, 2.45) is 0 Å². The molecule has 0 bridgehead atoms. The third-order valence-corrected chi connectivity index (χ3v) is 2.18. The number of pyridine rings is 1. The molecule has 0 aromatic carbocycles. The van der Waals surface area contributed by atoms with Crippen LogP contribution in [0, 0.1) is 0 Å². The van der Waals surface area contributed by atoms with Crippen LogP contribution < -0.4 is 5.73 Å². The van der Waals surface area contributed by atoms with Gasteiger partial charge in [0.05, 0.1) is 12.0 Å². The second-order valence-electron chi connectivity index (χ2n) is 3.14. The summed E-state index contributed by atoms with van der Waals surface area (Å²) < 4.78 is 1.78. The molecule has 0 amide bonds. The van der Waals surface area contributed by atoms with E-state index in [0.717, 1.165) is 5.52 Å². The van der Waals surface area contributed by atoms with E-state index < -0.39 is 0 Å². The minimum absolute atomic E-state index is 0.610. The Bertz CT molecular complexity index is 594. The van der Waals surface area contributed by atoms with Crippen LogP contribution in [0.1, 0.15) is 0 Å². The first-order chi connectivity index (χ1) is 7.34. The van der Waals surface area contributed by atoms with Gasteiger partial charge in [0.1, 0.15) is 17.7 Å². The maximum Gasteiger partial charge on any atom is 0.181 e. The maximum atomic E-state index is 5.86. The van der Waals surface area contributed by atoms with Crippen molar-refractivity contribution in [1.82, 2.24) is 24.5 Å². The molecule has 0 spiro atoms. The standard InChI is InChI=1S/C9H8N6/c10-6-3-7(15-2-1-11-5-15)14-9-8(6)12-4-13-9/h1-5H,(H3,10,12,13,14). The number of fused-ring (bicyclic) bond motifs is 1. The summed E-state index contributed by atoms with van der Waals surface area (Å²) in [5.41, 5.74) is 7.86. The number of nitrogens with one attached hydrogen (secondary N) is 1. The first kappa shape index (κ1) is 7.98. The Morgan fingerprint density at radius 2 is 2.33 bits per heavy atom. The molecule has 0 aliphatic heterocycles. The van der Waals surface area contributed by atoms with E-state index in [2.05, 4.69) is 19.9 Å². The van der Waals surface area contributed by atoms with Crippen LogP contribution >= 0.6 is 0 Å². The van der Waals surface area contributed by atoms with Gasteiger partial charge in [-0.1, -0.05) is 0 Å². The molecule has 3 aromatic heterocycles. The van der Waals surface area contributed by atoms with Crippen molar-refractivity contribution < 1.29 is 0 Å². The van der Waals surface area contributed by atoms with Gasteiger partial charge >= 0.3 is 0 Å². The SMILES string of the molecule is Nc1cc(-n2ccnc2)nc2nc[nH]c12. The molecule has 3 rings (SSSR count). The van der Waals surface area contributed by atoms with E-state index in [9.17, 15) is 0 Å². The smallest absolute Gasteiger partial charge is 0.181 e. The lowest BCUT2D eigenvalue weighted by Gasteiger charge is -2.02. The van der Waals surface area contributed by atoms with Crippen LogP contribution in [0.3, 0.4) is 0 Å². The van der Waals surface area contributed by atoms with Crippen LogP contribution in [0.2, 0.25) is 0 Å². The molecule has 6 nitrogen and oxygen atoms in total. The highest BCUT2D eigenvalue weighted by atomic mass is 15.1. The molecule has 6 heteroatoms. The Kier molecular flexibility index (Phi) is 1.49. The number of aromatic amines is 1. The van der Waals surface area contributed by atoms with Gasteiger partial charge in [0.15, 0.2) is 5.65 Å². The van der Waals surface area contributed by atoms with Crippen LogP contribution in [0.4, 0.5) is 5.69 Å². The van der Waals surface area contributed by atoms with Crippen LogP contribution in [0.15, 0.2) is 31.1 Å². The van der Waals surface area contributed by atoms with Gasteiger partial charge in [-0.25, -0.2) is 15.0 Å². The zero-order valence-electron chi connectivity index (χ0n) is 7.75. The van der Waals surface area contributed by atoms with Crippen LogP contribution in [0.5, 0.6) is 0 Å². The molecule has 74 valence electrons. The van der Waals surface area contributed by atoms with E-state index in [1.54, 1.807) is 35.7 Å². The zero-order valence-corrected chi connectivity index (χ0v) is 7.75. The first-order valence-corrected chi connectivity index (χ1v) is 4.42. The van der Waals surface area contributed by atoms with E-state index in [4.69, 9.17) is 5.73 Å². The number of rotatable bonds is 1. The molecule has 3 heterocycles. The Morgan fingerprint density at radius 3 is 3.13 bits per heavy atom. The van der Waals surface area contributed by atoms with Gasteiger partial charge in [-0.05, 0) is 0 Å². The summed E-state index contributed by atoms with van der Waals surface area (Å²) in [6.07, 6.45) is 6.73. The summed E-state index contributed by atoms with van der Waals surface area (Å²) in [6.45, 7) is 0. The molecule has 15 heavy (non-hydrogen) atoms. The summed E-state index contributed by atoms with van der Waals surface area (Å²) >= 11 is 0. The quantitative estimate of drug-likeness (QED) is 0.606. The van der Waals surface area contributed by atoms with Gasteiger partial charge in [0.2, 0.25) is 0 Å². The molecule has 3 aromatic rings. The van der Waals surface area contributed by atoms with Gasteiger partial charge in [-0.2, -0.15) is 0 Å². The number of anilines is 1. The number of imidazole rings is 2. The predicted molar refractivity (Wildman–Crippen MR) is 55.4 cm³/mol. The van der Waals surface area contributed by atoms with Crippen LogP contribution in [-0.2, 0) is 0 Å². The molecule has 0 saturated heterocycles. The Balaban J connectivity index is 2.29. The molecule has 0 aliphatic carbocycles. The second kappa shape index (κ2) is 2.81. The second-order valence-corrected chi connectivity index (χ2v) is 3.14. The van der Waals surface area contributed by atoms with Crippen molar-refractivity contribution in [3.63, 3.8) is 0 Å². The fourth-order valence-electron chi connectivity index (χ4n) is 1.46. The molecule has 0 aliphatic rings. The van der Waals surface area contributed by atoms with Gasteiger partial charge in [-0.3, -0.25) is 4.57 Å². The van der Waals surface area contributed by atoms with E-state index in [1.807, 2.05) is 0 Å². The van der Waals surface area contributed by atoms with Gasteiger partial charge in [0, 0.05) is 18.5 Å². The third kappa shape index (κ3) is 1.15. The highest BCUT2D eigenvalue weighted by molar-refractivity contribution is 5.84. The molecular formula is C9H8N6. The summed E-state index contributed by atoms with van der Waals surface area (Å²) in [4.78, 5) is 15.3. The van der Waals surface area contributed by atoms with Crippen molar-refractivity contribution in [2.45, 2.75) is 0 Å². The molecule has 0 unspecified atom stereocenters. The van der Waals surface area contributed by atoms with Gasteiger partial charge in [-0.15, -0.1) is 0 Å². The summed E-state index contributed by atoms with van der Waals surface area (Å²) in [5.74, 6) is 0.713. The van der Waals surface area contributed by atoms with E-state index >= 15 is 0 Å². The molecule has 3 N–H and O–H groups in total. The zero-order chi connectivity index (χ0) is 10.3. The third-order valence-electron chi connectivity index (χ3n) is 2.18. The molecule has 0 radical (unpaired) electrons. The van der Waals surface area contributed by atoms with Crippen LogP contribution in [0.25, 0.3) is 17.0 Å². The number of H-pyrrole nitrogens is 1. The average Bonchev–Trinajstić information content (AvgIpc) is 2.88. The van der Waals surface area contributed by atoms with Crippen molar-refractivity contribution in [1.29, 1.82) is 0 Å². The average molecular weight is 200 g/mol. The van der Waals surface area contributed by atoms with Gasteiger partial charge in [0.25, 0.3) is 0 Å². The number of nitrogen functional groups attached to an aromatic ring is 1. The van der Waals surface area contributed by atoms with Crippen molar-refractivity contribution in [2.75, 3.05) is 5.73 Å². The summed E-state index contributed by atoms with van der Waals surface area (Å²) in [6, 6.07) is 1.78. The fourth-order valence-corrected chi connectivity index (χ4v) is 1.46. The summed E-state index contributed by atoms with van der Waals surface area (Å²) in [7, 11) is 0. The fraction of sp³-hybridized carbons (Fsp3) is 0. The van der Waals surface area contributed by atoms with E-state index in [1.165, 1.54) is 0 Å². The lowest BCUT2D eigenvalue weighted by molar-refractivity contribution is 1.00. The number of hydrogen-bond acceptors (Lipinski definition) is 4. The Morgan fingerprint density at radius 1 is 1.40 bits per heavy atom. The normalized spacial score (nSPS) is 10.9. The number of nitrogens with two attached hydrogens (primary N) is 1. The number of aromatic nitrogens is 5. The lowest BCUT2D eigenvalue weighted by atomic mass is 10.3. The maximum absolute atomic E-state index is 5.86. The monoisotopic (exact) mass is 200 g/mol. The molecular weight excluding hydrogens is 192 g/mol. The van der Waals surface area contributed by atoms with Crippen molar-refractivity contribution in [3.05, 3.63) is 31.1 Å². The minimum Gasteiger partial charge on any atom is -0.397 e. The summed E-state index contributed by atoms with van der Waals surface area (Å²) in [5, 5.41) is 0. The first-order valence-electron chi connectivity index (χ1n) is 4.42. The van der Waals surface area contributed by atoms with E-state index in [-0.39, 0.29) is 0 Å². The molecule has 0 fully saturated rings. The lowest BCUT2D eigenvalue weighted by Crippen LogP contribution is -1.98. The molecule has 0 atom stereocenters. The molecule has 0 saturated carbocycles. The van der Waals surface area contributed by atoms with Crippen molar-refractivity contribution >= 4 is 16.9 Å². The van der Waals surface area contributed by atoms with Crippen molar-refractivity contribution in [3.8, 4) is 5.82 Å². The Labute approximate surface area is 84.8 Å². The largest absolute Gasteiger partial charge is 0.397 e. The number of hydrogen-bond donors (Lipinski definition) is 2. The van der Waals surface area contributed by atoms with Crippen LogP contribution in [-0.4, -0.2) is 24.5 Å². The van der Waals surface area contributed by atoms with Gasteiger partial charge < -0.3 is 10.7 Å².